The zero-order chi connectivity index (χ0) is 19.6. The molecule has 0 saturated carbocycles. The number of hydrogen-bond donors (Lipinski definition) is 1. The van der Waals surface area contributed by atoms with Crippen LogP contribution in [0.15, 0.2) is 29.3 Å². The Balaban J connectivity index is 1.72. The fourth-order valence-corrected chi connectivity index (χ4v) is 4.46. The van der Waals surface area contributed by atoms with E-state index in [4.69, 9.17) is 4.74 Å². The second kappa shape index (κ2) is 8.17. The maximum Gasteiger partial charge on any atom is 0.317 e. The molecule has 2 amide bonds. The highest BCUT2D eigenvalue weighted by atomic mass is 32.2. The lowest BCUT2D eigenvalue weighted by atomic mass is 10.0. The zero-order valence-corrected chi connectivity index (χ0v) is 16.8. The van der Waals surface area contributed by atoms with Gasteiger partial charge < -0.3 is 15.0 Å². The number of carbonyl (C=O) groups excluding carboxylic acids is 1. The average molecular weight is 389 g/mol. The number of hydrogen-bond acceptors (Lipinski definition) is 4. The van der Waals surface area contributed by atoms with E-state index in [1.54, 1.807) is 31.3 Å². The predicted molar refractivity (Wildman–Crippen MR) is 105 cm³/mol. The van der Waals surface area contributed by atoms with Gasteiger partial charge in [-0.05, 0) is 31.9 Å². The minimum absolute atomic E-state index is 0.187. The van der Waals surface area contributed by atoms with E-state index in [0.29, 0.717) is 11.4 Å². The molecule has 27 heavy (non-hydrogen) atoms. The third-order valence-electron chi connectivity index (χ3n) is 4.81. The van der Waals surface area contributed by atoms with Crippen LogP contribution in [0.2, 0.25) is 0 Å². The lowest BCUT2D eigenvalue weighted by Gasteiger charge is -2.28. The molecule has 0 bridgehead atoms. The van der Waals surface area contributed by atoms with Crippen molar-refractivity contribution in [3.8, 4) is 5.75 Å². The van der Waals surface area contributed by atoms with Crippen molar-refractivity contribution in [2.24, 2.45) is 0 Å². The summed E-state index contributed by atoms with van der Waals surface area (Å²) in [6.45, 7) is 4.25. The Morgan fingerprint density at radius 3 is 2.96 bits per heavy atom. The molecular weight excluding hydrogens is 365 g/mol. The molecule has 0 saturated heterocycles. The second-order valence-corrected chi connectivity index (χ2v) is 7.80. The number of thioether (sulfide) groups is 1. The number of methoxy groups -OCH3 is 1. The van der Waals surface area contributed by atoms with Crippen molar-refractivity contribution in [3.63, 3.8) is 0 Å². The lowest BCUT2D eigenvalue weighted by Crippen LogP contribution is -2.40. The molecule has 3 rings (SSSR count). The van der Waals surface area contributed by atoms with Gasteiger partial charge in [-0.15, -0.1) is 11.8 Å². The number of nitrogens with one attached hydrogen (secondary N) is 1. The maximum atomic E-state index is 14.0. The first-order valence-electron chi connectivity index (χ1n) is 8.84. The second-order valence-electron chi connectivity index (χ2n) is 6.70. The molecule has 2 heterocycles. The van der Waals surface area contributed by atoms with Gasteiger partial charge in [-0.25, -0.2) is 9.18 Å². The number of pyridine rings is 1. The fourth-order valence-electron chi connectivity index (χ4n) is 3.32. The van der Waals surface area contributed by atoms with Gasteiger partial charge in [-0.3, -0.25) is 4.98 Å². The smallest absolute Gasteiger partial charge is 0.317 e. The van der Waals surface area contributed by atoms with Crippen LogP contribution in [0, 0.1) is 19.7 Å². The number of aromatic nitrogens is 1. The first-order valence-corrected chi connectivity index (χ1v) is 9.82. The van der Waals surface area contributed by atoms with Crippen molar-refractivity contribution in [2.45, 2.75) is 37.8 Å². The largest absolute Gasteiger partial charge is 0.496 e. The molecule has 0 spiro atoms. The molecule has 0 fully saturated rings. The SMILES string of the molecule is COc1c(C)cnc(CN(C)C(=O)N[C@@H]2CCSc3c(F)cccc32)c1C. The summed E-state index contributed by atoms with van der Waals surface area (Å²) in [5.41, 5.74) is 3.53. The quantitative estimate of drug-likeness (QED) is 0.850. The van der Waals surface area contributed by atoms with Crippen LogP contribution in [-0.2, 0) is 6.54 Å². The van der Waals surface area contributed by atoms with E-state index in [2.05, 4.69) is 10.3 Å². The van der Waals surface area contributed by atoms with E-state index >= 15 is 0 Å². The Hall–Kier alpha value is -2.28. The molecule has 0 unspecified atom stereocenters. The van der Waals surface area contributed by atoms with Crippen molar-refractivity contribution < 1.29 is 13.9 Å². The number of benzene rings is 1. The van der Waals surface area contributed by atoms with E-state index in [1.165, 1.54) is 17.8 Å². The van der Waals surface area contributed by atoms with Crippen molar-refractivity contribution in [1.82, 2.24) is 15.2 Å². The van der Waals surface area contributed by atoms with Crippen LogP contribution in [0.4, 0.5) is 9.18 Å². The van der Waals surface area contributed by atoms with Crippen molar-refractivity contribution in [1.29, 1.82) is 0 Å². The minimum Gasteiger partial charge on any atom is -0.496 e. The normalized spacial score (nSPS) is 15.8. The van der Waals surface area contributed by atoms with Crippen LogP contribution in [-0.4, -0.2) is 35.8 Å². The Morgan fingerprint density at radius 2 is 2.22 bits per heavy atom. The summed E-state index contributed by atoms with van der Waals surface area (Å²) in [4.78, 5) is 19.4. The van der Waals surface area contributed by atoms with Crippen LogP contribution >= 0.6 is 11.8 Å². The molecule has 7 heteroatoms. The minimum atomic E-state index is -0.226. The molecule has 1 N–H and O–H groups in total. The number of nitrogens with zero attached hydrogens (tertiary/aromatic N) is 2. The van der Waals surface area contributed by atoms with Gasteiger partial charge in [-0.2, -0.15) is 0 Å². The summed E-state index contributed by atoms with van der Waals surface area (Å²) in [6, 6.07) is 4.64. The first kappa shape index (κ1) is 19.5. The predicted octanol–water partition coefficient (Wildman–Crippen LogP) is 4.22. The number of fused-ring (bicyclic) bond motifs is 1. The lowest BCUT2D eigenvalue weighted by molar-refractivity contribution is 0.201. The highest BCUT2D eigenvalue weighted by Crippen LogP contribution is 2.37. The van der Waals surface area contributed by atoms with Crippen molar-refractivity contribution in [2.75, 3.05) is 19.9 Å². The summed E-state index contributed by atoms with van der Waals surface area (Å²) in [6.07, 6.45) is 2.53. The van der Waals surface area contributed by atoms with Gasteiger partial charge in [-0.1, -0.05) is 12.1 Å². The summed E-state index contributed by atoms with van der Waals surface area (Å²) in [7, 11) is 3.36. The van der Waals surface area contributed by atoms with E-state index in [-0.39, 0.29) is 17.9 Å². The standard InChI is InChI=1S/C20H24FN3O2S/c1-12-10-22-17(13(2)18(12)26-4)11-24(3)20(25)23-16-8-9-27-19-14(16)6-5-7-15(19)21/h5-7,10,16H,8-9,11H2,1-4H3,(H,23,25)/t16-/m1/s1. The molecule has 1 aliphatic heterocycles. The number of urea groups is 1. The van der Waals surface area contributed by atoms with Crippen LogP contribution in [0.25, 0.3) is 0 Å². The molecule has 1 atom stereocenters. The zero-order valence-electron chi connectivity index (χ0n) is 16.0. The van der Waals surface area contributed by atoms with Gasteiger partial charge in [0.05, 0.1) is 25.4 Å². The van der Waals surface area contributed by atoms with Gasteiger partial charge in [0, 0.05) is 35.0 Å². The number of amides is 2. The van der Waals surface area contributed by atoms with Gasteiger partial charge in [0.1, 0.15) is 11.6 Å². The first-order chi connectivity index (χ1) is 12.9. The number of aryl methyl sites for hydroxylation is 1. The summed E-state index contributed by atoms with van der Waals surface area (Å²) in [5.74, 6) is 1.34. The Kier molecular flexibility index (Phi) is 5.89. The van der Waals surface area contributed by atoms with Crippen LogP contribution in [0.1, 0.15) is 34.8 Å². The molecule has 1 aromatic heterocycles. The van der Waals surface area contributed by atoms with Gasteiger partial charge >= 0.3 is 6.03 Å². The monoisotopic (exact) mass is 389 g/mol. The number of ether oxygens (including phenoxy) is 1. The van der Waals surface area contributed by atoms with Crippen molar-refractivity contribution >= 4 is 17.8 Å². The van der Waals surface area contributed by atoms with Crippen molar-refractivity contribution in [3.05, 3.63) is 52.6 Å². The summed E-state index contributed by atoms with van der Waals surface area (Å²) >= 11 is 1.50. The number of rotatable bonds is 4. The Bertz CT molecular complexity index is 859. The number of halogens is 1. The van der Waals surface area contributed by atoms with Crippen LogP contribution in [0.5, 0.6) is 5.75 Å². The summed E-state index contributed by atoms with van der Waals surface area (Å²) < 4.78 is 19.4. The topological polar surface area (TPSA) is 54.5 Å². The molecule has 144 valence electrons. The molecule has 5 nitrogen and oxygen atoms in total. The molecular formula is C20H24FN3O2S. The summed E-state index contributed by atoms with van der Waals surface area (Å²) in [5, 5.41) is 3.03. The third-order valence-corrected chi connectivity index (χ3v) is 5.97. The van der Waals surface area contributed by atoms with Crippen LogP contribution < -0.4 is 10.1 Å². The van der Waals surface area contributed by atoms with Gasteiger partial charge in [0.2, 0.25) is 0 Å². The van der Waals surface area contributed by atoms with E-state index in [1.807, 2.05) is 19.9 Å². The van der Waals surface area contributed by atoms with Crippen LogP contribution in [0.3, 0.4) is 0 Å². The van der Waals surface area contributed by atoms with Gasteiger partial charge in [0.15, 0.2) is 0 Å². The Morgan fingerprint density at radius 1 is 1.44 bits per heavy atom. The maximum absolute atomic E-state index is 14.0. The van der Waals surface area contributed by atoms with Gasteiger partial charge in [0.25, 0.3) is 0 Å². The van der Waals surface area contributed by atoms with E-state index in [9.17, 15) is 9.18 Å². The fraction of sp³-hybridized carbons (Fsp3) is 0.400. The number of carbonyl (C=O) groups is 1. The Labute approximate surface area is 163 Å². The molecule has 2 aromatic rings. The molecule has 1 aliphatic rings. The molecule has 0 aliphatic carbocycles. The molecule has 1 aromatic carbocycles. The average Bonchev–Trinajstić information content (AvgIpc) is 2.65. The molecule has 0 radical (unpaired) electrons. The third kappa shape index (κ3) is 4.03. The van der Waals surface area contributed by atoms with E-state index in [0.717, 1.165) is 40.3 Å². The highest BCUT2D eigenvalue weighted by Gasteiger charge is 2.25. The highest BCUT2D eigenvalue weighted by molar-refractivity contribution is 7.99. The van der Waals surface area contributed by atoms with E-state index < -0.39 is 0 Å².